The third-order valence-electron chi connectivity index (χ3n) is 3.89. The van der Waals surface area contributed by atoms with Gasteiger partial charge in [-0.1, -0.05) is 41.9 Å². The normalized spacial score (nSPS) is 14.2. The number of aromatic nitrogens is 2. The Hall–Kier alpha value is -1.40. The number of hydrogen-bond acceptors (Lipinski definition) is 4. The molecule has 0 spiro atoms. The summed E-state index contributed by atoms with van der Waals surface area (Å²) in [5, 5.41) is 15.8. The first-order valence-corrected chi connectivity index (χ1v) is 8.94. The molecule has 1 aromatic carbocycles. The third-order valence-corrected chi connectivity index (χ3v) is 4.95. The topological polar surface area (TPSA) is 49.6 Å². The van der Waals surface area contributed by atoms with Gasteiger partial charge in [0.15, 0.2) is 10.1 Å². The van der Waals surface area contributed by atoms with Gasteiger partial charge in [-0.2, -0.15) is 0 Å². The second-order valence-corrected chi connectivity index (χ2v) is 6.96. The molecule has 0 fully saturated rings. The number of benzene rings is 1. The third kappa shape index (κ3) is 3.93. The number of nitrogens with zero attached hydrogens (tertiary/aromatic N) is 2. The van der Waals surface area contributed by atoms with Crippen LogP contribution in [-0.4, -0.2) is 27.1 Å². The molecule has 0 saturated carbocycles. The Labute approximate surface area is 144 Å². The number of fused-ring (bicyclic) bond motifs is 1. The van der Waals surface area contributed by atoms with Crippen LogP contribution < -0.4 is 5.32 Å². The highest BCUT2D eigenvalue weighted by Gasteiger charge is 2.15. The Morgan fingerprint density at radius 3 is 2.87 bits per heavy atom. The quantitative estimate of drug-likeness (QED) is 0.684. The smallest absolute Gasteiger partial charge is 0.195 e. The largest absolute Gasteiger partial charge is 0.393 e. The van der Waals surface area contributed by atoms with Crippen molar-refractivity contribution in [3.05, 3.63) is 58.3 Å². The van der Waals surface area contributed by atoms with Crippen LogP contribution in [0.15, 0.2) is 41.9 Å². The highest BCUT2D eigenvalue weighted by Crippen LogP contribution is 2.23. The summed E-state index contributed by atoms with van der Waals surface area (Å²) in [7, 11) is 0. The van der Waals surface area contributed by atoms with Crippen LogP contribution in [0.5, 0.6) is 0 Å². The van der Waals surface area contributed by atoms with Crippen molar-refractivity contribution >= 4 is 27.9 Å². The predicted octanol–water partition coefficient (Wildman–Crippen LogP) is 3.69. The van der Waals surface area contributed by atoms with Crippen LogP contribution in [0.3, 0.4) is 0 Å². The summed E-state index contributed by atoms with van der Waals surface area (Å²) in [6.07, 6.45) is 2.38. The second-order valence-electron chi connectivity index (χ2n) is 5.73. The molecule has 0 amide bonds. The van der Waals surface area contributed by atoms with Crippen molar-refractivity contribution in [3.63, 3.8) is 0 Å². The van der Waals surface area contributed by atoms with E-state index in [1.54, 1.807) is 11.3 Å². The van der Waals surface area contributed by atoms with Gasteiger partial charge in [-0.25, -0.2) is 4.98 Å². The lowest BCUT2D eigenvalue weighted by Gasteiger charge is -2.19. The number of aliphatic hydroxyl groups is 1. The maximum absolute atomic E-state index is 9.76. The second kappa shape index (κ2) is 7.45. The van der Waals surface area contributed by atoms with Gasteiger partial charge in [0.25, 0.3) is 0 Å². The van der Waals surface area contributed by atoms with E-state index in [-0.39, 0.29) is 12.0 Å². The Bertz CT molecular complexity index is 754. The van der Waals surface area contributed by atoms with Crippen molar-refractivity contribution in [2.75, 3.05) is 6.54 Å². The van der Waals surface area contributed by atoms with Crippen LogP contribution in [0, 0.1) is 0 Å². The summed E-state index contributed by atoms with van der Waals surface area (Å²) < 4.78 is 2.02. The van der Waals surface area contributed by atoms with Crippen LogP contribution >= 0.6 is 22.9 Å². The van der Waals surface area contributed by atoms with Gasteiger partial charge >= 0.3 is 0 Å². The lowest BCUT2D eigenvalue weighted by Crippen LogP contribution is -2.24. The number of nitrogens with one attached hydrogen (secondary N) is 1. The van der Waals surface area contributed by atoms with Crippen molar-refractivity contribution in [3.8, 4) is 0 Å². The van der Waals surface area contributed by atoms with E-state index in [1.165, 1.54) is 5.56 Å². The van der Waals surface area contributed by atoms with Crippen molar-refractivity contribution < 1.29 is 5.11 Å². The van der Waals surface area contributed by atoms with E-state index in [4.69, 9.17) is 11.6 Å². The number of thiazole rings is 1. The summed E-state index contributed by atoms with van der Waals surface area (Å²) in [4.78, 5) is 5.26. The van der Waals surface area contributed by atoms with E-state index < -0.39 is 0 Å². The minimum Gasteiger partial charge on any atom is -0.393 e. The molecular weight excluding hydrogens is 330 g/mol. The van der Waals surface area contributed by atoms with Crippen molar-refractivity contribution in [1.29, 1.82) is 0 Å². The van der Waals surface area contributed by atoms with E-state index in [2.05, 4.69) is 22.4 Å². The molecule has 6 heteroatoms. The molecule has 0 aliphatic heterocycles. The minimum absolute atomic E-state index is 0.265. The van der Waals surface area contributed by atoms with Crippen molar-refractivity contribution in [2.24, 2.45) is 0 Å². The lowest BCUT2D eigenvalue weighted by molar-refractivity contribution is 0.173. The molecule has 0 bridgehead atoms. The van der Waals surface area contributed by atoms with Gasteiger partial charge in [0.1, 0.15) is 0 Å². The van der Waals surface area contributed by atoms with Crippen LogP contribution in [0.1, 0.15) is 30.5 Å². The summed E-state index contributed by atoms with van der Waals surface area (Å²) >= 11 is 7.79. The highest BCUT2D eigenvalue weighted by atomic mass is 35.5. The standard InChI is InChI=1S/C17H20ClN3OS/c1-12(22)9-14(13-5-3-2-4-6-13)10-19-11-15-16(18)20-17-21(15)7-8-23-17/h2-8,12,14,19,22H,9-11H2,1H3. The zero-order valence-electron chi connectivity index (χ0n) is 12.9. The fraction of sp³-hybridized carbons (Fsp3) is 0.353. The predicted molar refractivity (Wildman–Crippen MR) is 95.3 cm³/mol. The van der Waals surface area contributed by atoms with E-state index in [0.717, 1.165) is 23.6 Å². The Kier molecular flexibility index (Phi) is 5.33. The monoisotopic (exact) mass is 349 g/mol. The highest BCUT2D eigenvalue weighted by molar-refractivity contribution is 7.15. The first kappa shape index (κ1) is 16.5. The fourth-order valence-corrected chi connectivity index (χ4v) is 3.82. The van der Waals surface area contributed by atoms with E-state index in [9.17, 15) is 5.11 Å². The van der Waals surface area contributed by atoms with Gasteiger partial charge in [-0.05, 0) is 24.8 Å². The van der Waals surface area contributed by atoms with Crippen LogP contribution in [-0.2, 0) is 6.54 Å². The number of halogens is 1. The first-order valence-electron chi connectivity index (χ1n) is 7.69. The summed E-state index contributed by atoms with van der Waals surface area (Å²) in [6.45, 7) is 3.27. The maximum atomic E-state index is 9.76. The summed E-state index contributed by atoms with van der Waals surface area (Å²) in [5.41, 5.74) is 2.22. The molecular formula is C17H20ClN3OS. The SMILES string of the molecule is CC(O)CC(CNCc1c(Cl)nc2sccn12)c1ccccc1. The zero-order valence-corrected chi connectivity index (χ0v) is 14.5. The molecule has 2 aromatic heterocycles. The molecule has 0 aliphatic carbocycles. The molecule has 3 rings (SSSR count). The number of imidazole rings is 1. The molecule has 122 valence electrons. The molecule has 0 aliphatic rings. The Balaban J connectivity index is 1.67. The average molecular weight is 350 g/mol. The van der Waals surface area contributed by atoms with Gasteiger partial charge in [-0.15, -0.1) is 11.3 Å². The first-order chi connectivity index (χ1) is 11.1. The Morgan fingerprint density at radius 2 is 2.13 bits per heavy atom. The Morgan fingerprint density at radius 1 is 1.35 bits per heavy atom. The number of hydrogen-bond donors (Lipinski definition) is 2. The van der Waals surface area contributed by atoms with Crippen LogP contribution in [0.2, 0.25) is 5.15 Å². The molecule has 0 radical (unpaired) electrons. The van der Waals surface area contributed by atoms with Gasteiger partial charge in [0, 0.05) is 24.7 Å². The summed E-state index contributed by atoms with van der Waals surface area (Å²) in [5.74, 6) is 0.265. The van der Waals surface area contributed by atoms with E-state index in [0.29, 0.717) is 11.7 Å². The van der Waals surface area contributed by atoms with Crippen LogP contribution in [0.25, 0.3) is 4.96 Å². The number of rotatable bonds is 7. The van der Waals surface area contributed by atoms with E-state index >= 15 is 0 Å². The van der Waals surface area contributed by atoms with Gasteiger partial charge in [0.2, 0.25) is 0 Å². The van der Waals surface area contributed by atoms with Crippen molar-refractivity contribution in [1.82, 2.24) is 14.7 Å². The van der Waals surface area contributed by atoms with Gasteiger partial charge < -0.3 is 10.4 Å². The summed E-state index contributed by atoms with van der Waals surface area (Å²) in [6, 6.07) is 10.3. The fourth-order valence-electron chi connectivity index (χ4n) is 2.80. The molecule has 2 heterocycles. The molecule has 3 aromatic rings. The minimum atomic E-state index is -0.329. The number of aliphatic hydroxyl groups excluding tert-OH is 1. The molecule has 2 unspecified atom stereocenters. The molecule has 4 nitrogen and oxygen atoms in total. The average Bonchev–Trinajstić information content (AvgIpc) is 3.09. The van der Waals surface area contributed by atoms with Gasteiger partial charge in [-0.3, -0.25) is 4.40 Å². The zero-order chi connectivity index (χ0) is 16.2. The van der Waals surface area contributed by atoms with Gasteiger partial charge in [0.05, 0.1) is 11.8 Å². The van der Waals surface area contributed by atoms with Crippen LogP contribution in [0.4, 0.5) is 0 Å². The van der Waals surface area contributed by atoms with E-state index in [1.807, 2.05) is 41.1 Å². The molecule has 0 saturated heterocycles. The molecule has 2 atom stereocenters. The maximum Gasteiger partial charge on any atom is 0.195 e. The van der Waals surface area contributed by atoms with Crippen molar-refractivity contribution in [2.45, 2.75) is 31.9 Å². The lowest BCUT2D eigenvalue weighted by atomic mass is 9.93. The molecule has 23 heavy (non-hydrogen) atoms. The molecule has 2 N–H and O–H groups in total.